The van der Waals surface area contributed by atoms with Crippen molar-refractivity contribution in [2.45, 2.75) is 45.3 Å². The van der Waals surface area contributed by atoms with E-state index in [1.165, 1.54) is 12.7 Å². The Hall–Kier alpha value is -4.01. The molecule has 2 N–H and O–H groups in total. The first-order valence-corrected chi connectivity index (χ1v) is 16.2. The summed E-state index contributed by atoms with van der Waals surface area (Å²) in [5, 5.41) is 3.53. The van der Waals surface area contributed by atoms with Crippen molar-refractivity contribution in [1.29, 1.82) is 0 Å². The fraction of sp³-hybridized carbons (Fsp3) is 0.294. The predicted octanol–water partition coefficient (Wildman–Crippen LogP) is 6.89. The van der Waals surface area contributed by atoms with Gasteiger partial charge in [0.1, 0.15) is 23.9 Å². The fourth-order valence-electron chi connectivity index (χ4n) is 5.28. The molecule has 0 bridgehead atoms. The van der Waals surface area contributed by atoms with Gasteiger partial charge in [0, 0.05) is 30.4 Å². The topological polar surface area (TPSA) is 79.9 Å². The van der Waals surface area contributed by atoms with Gasteiger partial charge in [0.15, 0.2) is 0 Å². The molecule has 0 saturated carbocycles. The Bertz CT molecular complexity index is 1590. The maximum atomic E-state index is 12.0. The second-order valence-electron chi connectivity index (χ2n) is 11.3. The number of nitrogens with one attached hydrogen (secondary N) is 2. The van der Waals surface area contributed by atoms with Crippen LogP contribution in [0, 0.1) is 6.92 Å². The Balaban J connectivity index is 1.30. The predicted molar refractivity (Wildman–Crippen MR) is 170 cm³/mol. The molecule has 42 heavy (non-hydrogen) atoms. The summed E-state index contributed by atoms with van der Waals surface area (Å²) in [5.41, 5.74) is 4.71. The van der Waals surface area contributed by atoms with Crippen molar-refractivity contribution in [3.05, 3.63) is 114 Å². The molecule has 1 heterocycles. The lowest BCUT2D eigenvalue weighted by molar-refractivity contribution is 0.212. The molecule has 7 nitrogen and oxygen atoms in total. The molecule has 1 aliphatic rings. The molecule has 0 aromatic heterocycles. The summed E-state index contributed by atoms with van der Waals surface area (Å²) < 4.78 is 38.8. The lowest BCUT2D eigenvalue weighted by atomic mass is 10.0. The van der Waals surface area contributed by atoms with E-state index in [2.05, 4.69) is 46.1 Å². The third-order valence-corrected chi connectivity index (χ3v) is 8.10. The van der Waals surface area contributed by atoms with Gasteiger partial charge in [0.05, 0.1) is 11.9 Å². The molecular weight excluding hydrogens is 546 g/mol. The second kappa shape index (κ2) is 12.9. The van der Waals surface area contributed by atoms with Crippen LogP contribution >= 0.6 is 0 Å². The van der Waals surface area contributed by atoms with Crippen molar-refractivity contribution in [2.75, 3.05) is 29.0 Å². The summed E-state index contributed by atoms with van der Waals surface area (Å²) in [6.45, 7) is 7.11. The number of nitrogens with zero attached hydrogens (tertiary/aromatic N) is 1. The number of anilines is 2. The van der Waals surface area contributed by atoms with E-state index in [1.807, 2.05) is 73.7 Å². The van der Waals surface area contributed by atoms with Gasteiger partial charge in [-0.3, -0.25) is 4.72 Å². The van der Waals surface area contributed by atoms with Crippen LogP contribution in [0.3, 0.4) is 0 Å². The largest absolute Gasteiger partial charge is 0.492 e. The van der Waals surface area contributed by atoms with Gasteiger partial charge in [-0.1, -0.05) is 54.6 Å². The number of hydrogen-bond donors (Lipinski definition) is 2. The quantitative estimate of drug-likeness (QED) is 0.189. The van der Waals surface area contributed by atoms with Crippen LogP contribution in [-0.4, -0.2) is 33.4 Å². The third kappa shape index (κ3) is 8.05. The molecule has 4 aromatic rings. The number of ether oxygens (including phenoxy) is 2. The van der Waals surface area contributed by atoms with Crippen LogP contribution in [0.1, 0.15) is 36.5 Å². The molecule has 0 spiro atoms. The lowest BCUT2D eigenvalue weighted by Crippen LogP contribution is -2.42. The van der Waals surface area contributed by atoms with E-state index >= 15 is 0 Å². The molecule has 1 aliphatic heterocycles. The average Bonchev–Trinajstić information content (AvgIpc) is 3.40. The van der Waals surface area contributed by atoms with Crippen LogP contribution in [0.4, 0.5) is 11.4 Å². The van der Waals surface area contributed by atoms with Gasteiger partial charge < -0.3 is 19.7 Å². The maximum Gasteiger partial charge on any atom is 0.229 e. The first-order chi connectivity index (χ1) is 20.2. The zero-order valence-corrected chi connectivity index (χ0v) is 25.3. The fourth-order valence-corrected chi connectivity index (χ4v) is 5.90. The van der Waals surface area contributed by atoms with E-state index in [4.69, 9.17) is 9.47 Å². The molecule has 4 aromatic carbocycles. The minimum Gasteiger partial charge on any atom is -0.492 e. The minimum atomic E-state index is -3.40. The summed E-state index contributed by atoms with van der Waals surface area (Å²) in [7, 11) is -3.40. The highest BCUT2D eigenvalue weighted by Crippen LogP contribution is 2.31. The summed E-state index contributed by atoms with van der Waals surface area (Å²) in [6, 6.07) is 31.8. The molecule has 1 saturated heterocycles. The molecule has 8 heteroatoms. The molecule has 1 atom stereocenters. The summed E-state index contributed by atoms with van der Waals surface area (Å²) >= 11 is 0. The number of rotatable bonds is 12. The van der Waals surface area contributed by atoms with Crippen molar-refractivity contribution >= 4 is 21.4 Å². The van der Waals surface area contributed by atoms with E-state index in [-0.39, 0.29) is 5.54 Å². The third-order valence-electron chi connectivity index (χ3n) is 7.51. The second-order valence-corrected chi connectivity index (χ2v) is 13.0. The van der Waals surface area contributed by atoms with Gasteiger partial charge in [-0.25, -0.2) is 8.42 Å². The van der Waals surface area contributed by atoms with Crippen molar-refractivity contribution < 1.29 is 17.9 Å². The van der Waals surface area contributed by atoms with Gasteiger partial charge >= 0.3 is 0 Å². The minimum absolute atomic E-state index is 0.0190. The van der Waals surface area contributed by atoms with Gasteiger partial charge in [-0.15, -0.1) is 0 Å². The molecule has 220 valence electrons. The normalized spacial score (nSPS) is 16.6. The Morgan fingerprint density at radius 3 is 2.24 bits per heavy atom. The molecule has 0 aliphatic carbocycles. The molecule has 5 rings (SSSR count). The van der Waals surface area contributed by atoms with E-state index in [1.54, 1.807) is 6.07 Å². The van der Waals surface area contributed by atoms with E-state index < -0.39 is 10.0 Å². The highest BCUT2D eigenvalue weighted by Gasteiger charge is 2.28. The van der Waals surface area contributed by atoms with Crippen LogP contribution < -0.4 is 24.4 Å². The van der Waals surface area contributed by atoms with Crippen molar-refractivity contribution in [3.63, 3.8) is 0 Å². The SMILES string of the molecule is Cc1c(NS(C)(=O)=O)cccc1N(Cc1ccccc1)Cc1ccc(Oc2cccc(OC[C@]3(C)CCCN3)c2)cc1. The average molecular weight is 586 g/mol. The Morgan fingerprint density at radius 1 is 0.857 bits per heavy atom. The van der Waals surface area contributed by atoms with Crippen LogP contribution in [0.2, 0.25) is 0 Å². The first-order valence-electron chi connectivity index (χ1n) is 14.3. The zero-order valence-electron chi connectivity index (χ0n) is 24.5. The monoisotopic (exact) mass is 585 g/mol. The van der Waals surface area contributed by atoms with Crippen molar-refractivity contribution in [2.24, 2.45) is 0 Å². The van der Waals surface area contributed by atoms with Crippen molar-refractivity contribution in [3.8, 4) is 17.2 Å². The van der Waals surface area contributed by atoms with E-state index in [0.29, 0.717) is 25.4 Å². The first kappa shape index (κ1) is 29.5. The Morgan fingerprint density at radius 2 is 1.55 bits per heavy atom. The number of sulfonamides is 1. The standard InChI is InChI=1S/C34H39N3O4S/c1-26-32(36-42(3,38)39)14-8-15-33(26)37(23-27-10-5-4-6-11-27)24-28-16-18-29(19-17-28)41-31-13-7-12-30(22-31)40-25-34(2)20-9-21-35-34/h4-8,10-19,22,35-36H,9,20-21,23-25H2,1-3H3/t34-/m0/s1. The summed E-state index contributed by atoms with van der Waals surface area (Å²) in [5.74, 6) is 2.25. The molecule has 0 amide bonds. The van der Waals surface area contributed by atoms with E-state index in [0.717, 1.165) is 52.6 Å². The Labute approximate surface area is 249 Å². The van der Waals surface area contributed by atoms with Gasteiger partial charge in [0.25, 0.3) is 0 Å². The molecular formula is C34H39N3O4S. The van der Waals surface area contributed by atoms with Gasteiger partial charge in [0.2, 0.25) is 10.0 Å². The number of benzene rings is 4. The van der Waals surface area contributed by atoms with Crippen LogP contribution in [-0.2, 0) is 23.1 Å². The van der Waals surface area contributed by atoms with Crippen LogP contribution in [0.15, 0.2) is 97.1 Å². The molecule has 0 radical (unpaired) electrons. The lowest BCUT2D eigenvalue weighted by Gasteiger charge is -2.28. The highest BCUT2D eigenvalue weighted by molar-refractivity contribution is 7.92. The summed E-state index contributed by atoms with van der Waals surface area (Å²) in [6.07, 6.45) is 3.46. The molecule has 0 unspecified atom stereocenters. The Kier molecular flexibility index (Phi) is 9.04. The molecule has 1 fully saturated rings. The van der Waals surface area contributed by atoms with Crippen molar-refractivity contribution in [1.82, 2.24) is 5.32 Å². The summed E-state index contributed by atoms with van der Waals surface area (Å²) in [4.78, 5) is 2.26. The van der Waals surface area contributed by atoms with Gasteiger partial charge in [-0.05, 0) is 86.3 Å². The highest BCUT2D eigenvalue weighted by atomic mass is 32.2. The number of hydrogen-bond acceptors (Lipinski definition) is 6. The maximum absolute atomic E-state index is 12.0. The van der Waals surface area contributed by atoms with Crippen LogP contribution in [0.5, 0.6) is 17.2 Å². The smallest absolute Gasteiger partial charge is 0.229 e. The van der Waals surface area contributed by atoms with Crippen LogP contribution in [0.25, 0.3) is 0 Å². The van der Waals surface area contributed by atoms with Gasteiger partial charge in [-0.2, -0.15) is 0 Å². The zero-order chi connectivity index (χ0) is 29.6. The van der Waals surface area contributed by atoms with E-state index in [9.17, 15) is 8.42 Å².